The fourth-order valence-electron chi connectivity index (χ4n) is 3.07. The van der Waals surface area contributed by atoms with Gasteiger partial charge >= 0.3 is 0 Å². The van der Waals surface area contributed by atoms with Gasteiger partial charge < -0.3 is 15.4 Å². The quantitative estimate of drug-likeness (QED) is 0.862. The molecule has 0 aliphatic carbocycles. The van der Waals surface area contributed by atoms with Gasteiger partial charge in [0, 0.05) is 18.0 Å². The molecule has 2 aromatic rings. The van der Waals surface area contributed by atoms with E-state index in [-0.39, 0.29) is 0 Å². The smallest absolute Gasteiger partial charge is 0.223 e. The molecule has 0 radical (unpaired) electrons. The van der Waals surface area contributed by atoms with E-state index in [9.17, 15) is 0 Å². The number of aromatic nitrogens is 2. The van der Waals surface area contributed by atoms with Crippen molar-refractivity contribution in [3.05, 3.63) is 10.9 Å². The number of ether oxygens (including phenoxy) is 1. The van der Waals surface area contributed by atoms with Crippen molar-refractivity contribution in [1.29, 1.82) is 0 Å². The van der Waals surface area contributed by atoms with Crippen molar-refractivity contribution in [2.75, 3.05) is 23.7 Å². The van der Waals surface area contributed by atoms with E-state index in [1.54, 1.807) is 11.3 Å². The molecule has 2 saturated heterocycles. The normalized spacial score (nSPS) is 26.3. The van der Waals surface area contributed by atoms with Gasteiger partial charge in [0.05, 0.1) is 17.6 Å². The molecule has 2 bridgehead atoms. The zero-order chi connectivity index (χ0) is 13.0. The molecule has 0 saturated carbocycles. The third kappa shape index (κ3) is 1.86. The second-order valence-electron chi connectivity index (χ2n) is 5.34. The molecule has 2 aliphatic rings. The summed E-state index contributed by atoms with van der Waals surface area (Å²) >= 11 is 1.67. The summed E-state index contributed by atoms with van der Waals surface area (Å²) in [5, 5.41) is 1.12. The molecule has 19 heavy (non-hydrogen) atoms. The van der Waals surface area contributed by atoms with Gasteiger partial charge in [-0.05, 0) is 25.8 Å². The Morgan fingerprint density at radius 1 is 1.32 bits per heavy atom. The first-order chi connectivity index (χ1) is 9.19. The van der Waals surface area contributed by atoms with Crippen molar-refractivity contribution in [1.82, 2.24) is 9.97 Å². The molecule has 100 valence electrons. The molecule has 0 aromatic carbocycles. The van der Waals surface area contributed by atoms with Crippen LogP contribution >= 0.6 is 11.3 Å². The highest BCUT2D eigenvalue weighted by Crippen LogP contribution is 2.35. The largest absolute Gasteiger partial charge is 0.371 e. The van der Waals surface area contributed by atoms with Crippen LogP contribution in [0.2, 0.25) is 0 Å². The van der Waals surface area contributed by atoms with Crippen molar-refractivity contribution in [3.63, 3.8) is 0 Å². The van der Waals surface area contributed by atoms with E-state index in [0.29, 0.717) is 18.2 Å². The maximum Gasteiger partial charge on any atom is 0.223 e. The third-order valence-electron chi connectivity index (χ3n) is 3.86. The second kappa shape index (κ2) is 4.05. The highest BCUT2D eigenvalue weighted by atomic mass is 32.1. The zero-order valence-electron chi connectivity index (χ0n) is 10.8. The van der Waals surface area contributed by atoms with Crippen molar-refractivity contribution in [2.45, 2.75) is 32.0 Å². The summed E-state index contributed by atoms with van der Waals surface area (Å²) in [6, 6.07) is 2.16. The molecule has 2 N–H and O–H groups in total. The van der Waals surface area contributed by atoms with Gasteiger partial charge in [-0.1, -0.05) is 0 Å². The minimum atomic E-state index is 0.352. The summed E-state index contributed by atoms with van der Waals surface area (Å²) in [4.78, 5) is 13.4. The Morgan fingerprint density at radius 2 is 2.05 bits per heavy atom. The highest BCUT2D eigenvalue weighted by molar-refractivity contribution is 7.18. The number of thiophene rings is 1. The van der Waals surface area contributed by atoms with Gasteiger partial charge in [0.2, 0.25) is 5.95 Å². The molecule has 4 heterocycles. The van der Waals surface area contributed by atoms with Gasteiger partial charge in [-0.15, -0.1) is 11.3 Å². The average Bonchev–Trinajstić information content (AvgIpc) is 2.90. The van der Waals surface area contributed by atoms with Crippen LogP contribution in [0.4, 0.5) is 11.8 Å². The molecule has 2 unspecified atom stereocenters. The van der Waals surface area contributed by atoms with E-state index in [0.717, 1.165) is 42.0 Å². The van der Waals surface area contributed by atoms with E-state index in [4.69, 9.17) is 10.5 Å². The van der Waals surface area contributed by atoms with Gasteiger partial charge in [0.25, 0.3) is 0 Å². The molecule has 0 spiro atoms. The number of morpholine rings is 1. The lowest BCUT2D eigenvalue weighted by atomic mass is 10.2. The summed E-state index contributed by atoms with van der Waals surface area (Å²) in [7, 11) is 0. The standard InChI is InChI=1S/C13H16N4OS/c1-7-4-10-11(15-13(14)16-12(10)19-7)17-5-8-2-3-9(6-17)18-8/h4,8-9H,2-3,5-6H2,1H3,(H2,14,15,16). The highest BCUT2D eigenvalue weighted by Gasteiger charge is 2.35. The van der Waals surface area contributed by atoms with Crippen LogP contribution in [-0.4, -0.2) is 35.3 Å². The number of nitrogens with zero attached hydrogens (tertiary/aromatic N) is 3. The minimum absolute atomic E-state index is 0.352. The summed E-state index contributed by atoms with van der Waals surface area (Å²) in [5.41, 5.74) is 5.85. The van der Waals surface area contributed by atoms with Crippen LogP contribution in [0, 0.1) is 6.92 Å². The summed E-state index contributed by atoms with van der Waals surface area (Å²) in [5.74, 6) is 1.34. The number of fused-ring (bicyclic) bond motifs is 3. The summed E-state index contributed by atoms with van der Waals surface area (Å²) < 4.78 is 5.88. The molecule has 6 heteroatoms. The predicted octanol–water partition coefficient (Wildman–Crippen LogP) is 1.95. The third-order valence-corrected chi connectivity index (χ3v) is 4.80. The van der Waals surface area contributed by atoms with Crippen molar-refractivity contribution >= 4 is 33.3 Å². The maximum atomic E-state index is 5.88. The van der Waals surface area contributed by atoms with Crippen LogP contribution in [0.3, 0.4) is 0 Å². The van der Waals surface area contributed by atoms with Gasteiger partial charge in [-0.2, -0.15) is 4.98 Å². The minimum Gasteiger partial charge on any atom is -0.371 e. The first-order valence-corrected chi connectivity index (χ1v) is 7.45. The van der Waals surface area contributed by atoms with Gasteiger partial charge in [0.15, 0.2) is 0 Å². The number of anilines is 2. The topological polar surface area (TPSA) is 64.3 Å². The number of hydrogen-bond donors (Lipinski definition) is 1. The van der Waals surface area contributed by atoms with E-state index in [1.807, 2.05) is 0 Å². The first-order valence-electron chi connectivity index (χ1n) is 6.63. The molecule has 2 fully saturated rings. The lowest BCUT2D eigenvalue weighted by Crippen LogP contribution is -2.43. The second-order valence-corrected chi connectivity index (χ2v) is 6.58. The molecule has 4 rings (SSSR count). The molecule has 5 nitrogen and oxygen atoms in total. The Labute approximate surface area is 115 Å². The SMILES string of the molecule is Cc1cc2c(N3CC4CCC(C3)O4)nc(N)nc2s1. The maximum absolute atomic E-state index is 5.88. The lowest BCUT2D eigenvalue weighted by Gasteiger charge is -2.33. The summed E-state index contributed by atoms with van der Waals surface area (Å²) in [6.45, 7) is 3.92. The Balaban J connectivity index is 1.81. The molecular formula is C13H16N4OS. The fraction of sp³-hybridized carbons (Fsp3) is 0.538. The molecule has 2 aromatic heterocycles. The molecule has 0 amide bonds. The Kier molecular flexibility index (Phi) is 2.43. The van der Waals surface area contributed by atoms with E-state index < -0.39 is 0 Å². The zero-order valence-corrected chi connectivity index (χ0v) is 11.6. The van der Waals surface area contributed by atoms with E-state index in [1.165, 1.54) is 4.88 Å². The first kappa shape index (κ1) is 11.4. The Morgan fingerprint density at radius 3 is 2.79 bits per heavy atom. The number of nitrogen functional groups attached to an aromatic ring is 1. The van der Waals surface area contributed by atoms with Crippen molar-refractivity contribution < 1.29 is 4.74 Å². The number of hydrogen-bond acceptors (Lipinski definition) is 6. The number of rotatable bonds is 1. The average molecular weight is 276 g/mol. The van der Waals surface area contributed by atoms with E-state index in [2.05, 4.69) is 27.9 Å². The summed E-state index contributed by atoms with van der Waals surface area (Å²) in [6.07, 6.45) is 3.02. The molecular weight excluding hydrogens is 260 g/mol. The van der Waals surface area contributed by atoms with Crippen molar-refractivity contribution in [2.24, 2.45) is 0 Å². The fourth-order valence-corrected chi connectivity index (χ4v) is 3.95. The lowest BCUT2D eigenvalue weighted by molar-refractivity contribution is 0.0303. The number of nitrogens with two attached hydrogens (primary N) is 1. The Bertz CT molecular complexity index is 629. The van der Waals surface area contributed by atoms with E-state index >= 15 is 0 Å². The van der Waals surface area contributed by atoms with Crippen LogP contribution in [0.25, 0.3) is 10.2 Å². The van der Waals surface area contributed by atoms with Crippen LogP contribution in [0.5, 0.6) is 0 Å². The van der Waals surface area contributed by atoms with Gasteiger partial charge in [0.1, 0.15) is 10.6 Å². The van der Waals surface area contributed by atoms with Crippen LogP contribution < -0.4 is 10.6 Å². The monoisotopic (exact) mass is 276 g/mol. The van der Waals surface area contributed by atoms with Gasteiger partial charge in [-0.25, -0.2) is 4.98 Å². The molecule has 2 atom stereocenters. The van der Waals surface area contributed by atoms with Crippen LogP contribution in [-0.2, 0) is 4.74 Å². The van der Waals surface area contributed by atoms with Crippen LogP contribution in [0.15, 0.2) is 6.07 Å². The van der Waals surface area contributed by atoms with Gasteiger partial charge in [-0.3, -0.25) is 0 Å². The Hall–Kier alpha value is -1.40. The van der Waals surface area contributed by atoms with Crippen molar-refractivity contribution in [3.8, 4) is 0 Å². The molecule has 2 aliphatic heterocycles. The number of aryl methyl sites for hydroxylation is 1. The predicted molar refractivity (Wildman–Crippen MR) is 76.7 cm³/mol. The van der Waals surface area contributed by atoms with Crippen LogP contribution in [0.1, 0.15) is 17.7 Å².